The fraction of sp³-hybridized carbons (Fsp3) is 0.261. The Balaban J connectivity index is 0.00000341. The van der Waals surface area contributed by atoms with Gasteiger partial charge in [-0.05, 0) is 55.8 Å². The van der Waals surface area contributed by atoms with Gasteiger partial charge in [0.25, 0.3) is 5.91 Å². The summed E-state index contributed by atoms with van der Waals surface area (Å²) < 4.78 is 40.6. The van der Waals surface area contributed by atoms with Crippen molar-refractivity contribution in [3.63, 3.8) is 0 Å². The van der Waals surface area contributed by atoms with Crippen LogP contribution in [0.15, 0.2) is 54.9 Å². The number of carbonyl (C=O) groups is 1. The van der Waals surface area contributed by atoms with E-state index >= 15 is 0 Å². The van der Waals surface area contributed by atoms with E-state index in [0.29, 0.717) is 11.3 Å². The zero-order valence-electron chi connectivity index (χ0n) is 16.4. The van der Waals surface area contributed by atoms with E-state index in [1.807, 2.05) is 13.0 Å². The molecule has 0 spiro atoms. The number of nitrogens with one attached hydrogen (secondary N) is 1. The number of rotatable bonds is 5. The van der Waals surface area contributed by atoms with Crippen LogP contribution in [0.5, 0.6) is 0 Å². The molecular weight excluding hydrogens is 407 g/mol. The molecule has 0 aliphatic heterocycles. The number of alkyl halides is 3. The van der Waals surface area contributed by atoms with Crippen LogP contribution in [0.2, 0.25) is 0 Å². The van der Waals surface area contributed by atoms with E-state index in [1.54, 1.807) is 25.3 Å². The predicted molar refractivity (Wildman–Crippen MR) is 113 cm³/mol. The zero-order valence-corrected chi connectivity index (χ0v) is 16.4. The van der Waals surface area contributed by atoms with Crippen molar-refractivity contribution in [1.29, 1.82) is 0 Å². The van der Waals surface area contributed by atoms with Crippen LogP contribution in [0.4, 0.5) is 13.2 Å². The minimum Gasteiger partial charge on any atom is -0.394 e. The lowest BCUT2D eigenvalue weighted by molar-refractivity contribution is -0.137. The van der Waals surface area contributed by atoms with Gasteiger partial charge in [0, 0.05) is 35.1 Å². The first kappa shape index (κ1) is 24.0. The van der Waals surface area contributed by atoms with Crippen molar-refractivity contribution in [2.75, 3.05) is 6.61 Å². The van der Waals surface area contributed by atoms with E-state index in [0.717, 1.165) is 11.6 Å². The average molecular weight is 431 g/mol. The number of halogens is 3. The fourth-order valence-corrected chi connectivity index (χ4v) is 2.90. The summed E-state index contributed by atoms with van der Waals surface area (Å²) in [4.78, 5) is 20.9. The molecule has 0 bridgehead atoms. The number of aliphatic hydroxyl groups is 1. The molecule has 164 valence electrons. The molecule has 1 atom stereocenters. The Morgan fingerprint density at radius 2 is 1.84 bits per heavy atom. The number of aliphatic hydroxyl groups excluding tert-OH is 1. The lowest BCUT2D eigenvalue weighted by Crippen LogP contribution is -2.35. The van der Waals surface area contributed by atoms with E-state index < -0.39 is 23.7 Å². The second-order valence-electron chi connectivity index (χ2n) is 6.97. The minimum atomic E-state index is -4.60. The highest BCUT2D eigenvalue weighted by molar-refractivity contribution is 5.97. The van der Waals surface area contributed by atoms with Crippen LogP contribution in [0, 0.1) is 6.92 Å². The van der Waals surface area contributed by atoms with Gasteiger partial charge in [-0.15, -0.1) is 0 Å². The molecule has 31 heavy (non-hydrogen) atoms. The van der Waals surface area contributed by atoms with Crippen molar-refractivity contribution in [3.05, 3.63) is 71.5 Å². The molecule has 0 aliphatic carbocycles. The normalized spacial score (nSPS) is 12.1. The zero-order chi connectivity index (χ0) is 21.9. The molecule has 1 amide bonds. The highest BCUT2D eigenvalue weighted by atomic mass is 19.4. The van der Waals surface area contributed by atoms with Crippen molar-refractivity contribution < 1.29 is 23.1 Å². The third kappa shape index (κ3) is 5.67. The van der Waals surface area contributed by atoms with Gasteiger partial charge in [0.1, 0.15) is 0 Å². The van der Waals surface area contributed by atoms with E-state index in [9.17, 15) is 23.1 Å². The Morgan fingerprint density at radius 1 is 1.13 bits per heavy atom. The number of pyridine rings is 2. The second kappa shape index (κ2) is 9.70. The summed E-state index contributed by atoms with van der Waals surface area (Å²) in [5, 5.41) is 11.8. The van der Waals surface area contributed by atoms with Crippen molar-refractivity contribution in [3.8, 4) is 22.5 Å². The van der Waals surface area contributed by atoms with Crippen molar-refractivity contribution >= 4 is 5.91 Å². The number of hydrogen-bond donors (Lipinski definition) is 2. The van der Waals surface area contributed by atoms with Gasteiger partial charge in [0.2, 0.25) is 0 Å². The van der Waals surface area contributed by atoms with E-state index in [1.165, 1.54) is 24.4 Å². The number of benzene rings is 1. The smallest absolute Gasteiger partial charge is 0.394 e. The molecule has 2 N–H and O–H groups in total. The van der Waals surface area contributed by atoms with Gasteiger partial charge in [-0.25, -0.2) is 0 Å². The molecule has 3 aromatic rings. The first-order valence-electron chi connectivity index (χ1n) is 9.21. The highest BCUT2D eigenvalue weighted by Gasteiger charge is 2.34. The summed E-state index contributed by atoms with van der Waals surface area (Å²) in [6, 6.07) is 9.65. The number of hydrogen-bond acceptors (Lipinski definition) is 4. The maximum absolute atomic E-state index is 13.5. The summed E-state index contributed by atoms with van der Waals surface area (Å²) >= 11 is 0. The number of aryl methyl sites for hydroxylation is 1. The Morgan fingerprint density at radius 3 is 2.45 bits per heavy atom. The van der Waals surface area contributed by atoms with Crippen LogP contribution in [0.25, 0.3) is 22.5 Å². The molecule has 2 aromatic heterocycles. The molecule has 0 radical (unpaired) electrons. The Hall–Kier alpha value is -3.26. The minimum absolute atomic E-state index is 0. The third-order valence-corrected chi connectivity index (χ3v) is 4.44. The molecule has 0 saturated heterocycles. The van der Waals surface area contributed by atoms with Gasteiger partial charge in [0.15, 0.2) is 0 Å². The van der Waals surface area contributed by atoms with E-state index in [4.69, 9.17) is 0 Å². The summed E-state index contributed by atoms with van der Waals surface area (Å²) in [6.07, 6.45) is -1.69. The topological polar surface area (TPSA) is 75.1 Å². The first-order chi connectivity index (χ1) is 14.2. The molecule has 8 heteroatoms. The van der Waals surface area contributed by atoms with Crippen LogP contribution in [-0.2, 0) is 6.18 Å². The van der Waals surface area contributed by atoms with Gasteiger partial charge < -0.3 is 10.4 Å². The maximum Gasteiger partial charge on any atom is 0.418 e. The van der Waals surface area contributed by atoms with Crippen LogP contribution in [0.3, 0.4) is 0 Å². The molecular formula is C23H24F3N3O2. The molecule has 0 aliphatic rings. The van der Waals surface area contributed by atoms with Crippen molar-refractivity contribution in [2.24, 2.45) is 0 Å². The van der Waals surface area contributed by atoms with Crippen LogP contribution in [0.1, 0.15) is 35.8 Å². The number of nitrogens with zero attached hydrogens (tertiary/aromatic N) is 2. The molecule has 1 aromatic carbocycles. The number of amides is 1. The predicted octanol–water partition coefficient (Wildman–Crippen LogP) is 4.88. The summed E-state index contributed by atoms with van der Waals surface area (Å²) in [7, 11) is 0. The Labute approximate surface area is 179 Å². The van der Waals surface area contributed by atoms with Crippen molar-refractivity contribution in [1.82, 2.24) is 15.3 Å². The molecule has 2 heterocycles. The quantitative estimate of drug-likeness (QED) is 0.604. The molecule has 0 saturated carbocycles. The van der Waals surface area contributed by atoms with E-state index in [2.05, 4.69) is 15.3 Å². The largest absolute Gasteiger partial charge is 0.418 e. The summed E-state index contributed by atoms with van der Waals surface area (Å²) in [5.41, 5.74) is 1.03. The molecule has 0 unspecified atom stereocenters. The van der Waals surface area contributed by atoms with Crippen LogP contribution < -0.4 is 5.32 Å². The van der Waals surface area contributed by atoms with Gasteiger partial charge in [0.05, 0.1) is 23.6 Å². The van der Waals surface area contributed by atoms with Gasteiger partial charge in [-0.2, -0.15) is 13.2 Å². The highest BCUT2D eigenvalue weighted by Crippen LogP contribution is 2.37. The monoisotopic (exact) mass is 431 g/mol. The number of aromatic nitrogens is 2. The lowest BCUT2D eigenvalue weighted by Gasteiger charge is -2.15. The Bertz CT molecular complexity index is 1050. The first-order valence-corrected chi connectivity index (χ1v) is 9.21. The third-order valence-electron chi connectivity index (χ3n) is 4.44. The maximum atomic E-state index is 13.5. The molecule has 0 fully saturated rings. The van der Waals surface area contributed by atoms with Gasteiger partial charge in [-0.1, -0.05) is 13.5 Å². The number of carbonyl (C=O) groups excluding carboxylic acids is 1. The second-order valence-corrected chi connectivity index (χ2v) is 6.97. The van der Waals surface area contributed by atoms with Gasteiger partial charge in [-0.3, -0.25) is 14.8 Å². The lowest BCUT2D eigenvalue weighted by atomic mass is 9.97. The van der Waals surface area contributed by atoms with Crippen LogP contribution >= 0.6 is 0 Å². The van der Waals surface area contributed by atoms with Gasteiger partial charge >= 0.3 is 6.18 Å². The van der Waals surface area contributed by atoms with Crippen LogP contribution in [-0.4, -0.2) is 33.6 Å². The molecule has 5 nitrogen and oxygen atoms in total. The summed E-state index contributed by atoms with van der Waals surface area (Å²) in [6.45, 7) is 3.22. The van der Waals surface area contributed by atoms with Crippen molar-refractivity contribution in [2.45, 2.75) is 33.5 Å². The average Bonchev–Trinajstić information content (AvgIpc) is 2.73. The summed E-state index contributed by atoms with van der Waals surface area (Å²) in [5.74, 6) is -0.517. The van der Waals surface area contributed by atoms with E-state index in [-0.39, 0.29) is 30.9 Å². The fourth-order valence-electron chi connectivity index (χ4n) is 2.90. The SMILES string of the molecule is C.Cc1ccc(-c2cc(C(=O)N[C@@H](C)CO)cc(-c3ncccc3C(F)(F)F)c2)nc1. The standard InChI is InChI=1S/C22H20F3N3O2.CH4/c1-13-5-6-19(27-11-13)15-8-16(10-17(9-15)21(30)28-14(2)12-29)20-18(22(23,24)25)4-3-7-26-20;/h3-11,14,29H,12H2,1-2H3,(H,28,30);1H4/t14-;/m0./s1. The molecule has 3 rings (SSSR count). The Kier molecular flexibility index (Phi) is 7.51.